The molecule has 104 valence electrons. The molecule has 1 aliphatic rings. The van der Waals surface area contributed by atoms with E-state index in [2.05, 4.69) is 24.1 Å². The van der Waals surface area contributed by atoms with E-state index in [9.17, 15) is 4.79 Å². The van der Waals surface area contributed by atoms with E-state index >= 15 is 0 Å². The molecular weight excluding hydrogens is 238 g/mol. The third-order valence-corrected chi connectivity index (χ3v) is 3.77. The average molecular weight is 261 g/mol. The highest BCUT2D eigenvalue weighted by Crippen LogP contribution is 2.36. The number of carbonyl (C=O) groups excluding carboxylic acids is 1. The van der Waals surface area contributed by atoms with Crippen molar-refractivity contribution in [2.45, 2.75) is 39.2 Å². The van der Waals surface area contributed by atoms with Gasteiger partial charge in [-0.25, -0.2) is 4.98 Å². The minimum Gasteiger partial charge on any atom is -0.363 e. The standard InChI is InChI=1S/C15H23N3O/c1-15(2)7-5-12(10-15)17-14(19)11-6-8-16-13(9-11)18(3)4/h6,8-9,12H,5,7,10H2,1-4H3,(H,17,19). The van der Waals surface area contributed by atoms with Crippen LogP contribution in [0.5, 0.6) is 0 Å². The molecule has 0 aromatic carbocycles. The molecule has 0 radical (unpaired) electrons. The minimum absolute atomic E-state index is 0.00759. The van der Waals surface area contributed by atoms with Gasteiger partial charge in [-0.1, -0.05) is 13.8 Å². The highest BCUT2D eigenvalue weighted by Gasteiger charge is 2.31. The third-order valence-electron chi connectivity index (χ3n) is 3.77. The number of amides is 1. The largest absolute Gasteiger partial charge is 0.363 e. The van der Waals surface area contributed by atoms with Crippen LogP contribution in [-0.2, 0) is 0 Å². The Hall–Kier alpha value is -1.58. The molecule has 1 aromatic heterocycles. The first-order valence-electron chi connectivity index (χ1n) is 6.82. The summed E-state index contributed by atoms with van der Waals surface area (Å²) in [5.74, 6) is 0.813. The minimum atomic E-state index is 0.00759. The molecule has 1 amide bonds. The van der Waals surface area contributed by atoms with E-state index in [1.807, 2.05) is 25.1 Å². The van der Waals surface area contributed by atoms with Gasteiger partial charge in [0.25, 0.3) is 5.91 Å². The van der Waals surface area contributed by atoms with Gasteiger partial charge in [-0.15, -0.1) is 0 Å². The molecule has 1 atom stereocenters. The zero-order chi connectivity index (χ0) is 14.0. The summed E-state index contributed by atoms with van der Waals surface area (Å²) in [6.45, 7) is 4.52. The lowest BCUT2D eigenvalue weighted by atomic mass is 9.92. The van der Waals surface area contributed by atoms with Gasteiger partial charge in [-0.2, -0.15) is 0 Å². The predicted molar refractivity (Wildman–Crippen MR) is 77.5 cm³/mol. The van der Waals surface area contributed by atoms with E-state index in [1.54, 1.807) is 12.3 Å². The van der Waals surface area contributed by atoms with E-state index in [4.69, 9.17) is 0 Å². The van der Waals surface area contributed by atoms with Crippen LogP contribution in [0, 0.1) is 5.41 Å². The van der Waals surface area contributed by atoms with Crippen LogP contribution in [-0.4, -0.2) is 31.0 Å². The van der Waals surface area contributed by atoms with Crippen molar-refractivity contribution >= 4 is 11.7 Å². The summed E-state index contributed by atoms with van der Waals surface area (Å²) in [5.41, 5.74) is 1.04. The molecule has 1 heterocycles. The number of rotatable bonds is 3. The van der Waals surface area contributed by atoms with Crippen molar-refractivity contribution in [3.8, 4) is 0 Å². The van der Waals surface area contributed by atoms with Crippen LogP contribution in [0.25, 0.3) is 0 Å². The van der Waals surface area contributed by atoms with Crippen molar-refractivity contribution in [1.82, 2.24) is 10.3 Å². The van der Waals surface area contributed by atoms with Crippen LogP contribution in [0.3, 0.4) is 0 Å². The predicted octanol–water partition coefficient (Wildman–Crippen LogP) is 2.46. The zero-order valence-corrected chi connectivity index (χ0v) is 12.2. The SMILES string of the molecule is CN(C)c1cc(C(=O)NC2CCC(C)(C)C2)ccn1. The molecule has 19 heavy (non-hydrogen) atoms. The first-order valence-corrected chi connectivity index (χ1v) is 6.82. The van der Waals surface area contributed by atoms with Gasteiger partial charge in [0, 0.05) is 31.9 Å². The Bertz CT molecular complexity index is 468. The van der Waals surface area contributed by atoms with Crippen molar-refractivity contribution in [1.29, 1.82) is 0 Å². The fourth-order valence-electron chi connectivity index (χ4n) is 2.63. The number of carbonyl (C=O) groups is 1. The number of nitrogens with one attached hydrogen (secondary N) is 1. The van der Waals surface area contributed by atoms with Crippen molar-refractivity contribution in [2.24, 2.45) is 5.41 Å². The molecule has 1 unspecified atom stereocenters. The van der Waals surface area contributed by atoms with Crippen molar-refractivity contribution in [3.63, 3.8) is 0 Å². The number of aromatic nitrogens is 1. The molecular formula is C15H23N3O. The summed E-state index contributed by atoms with van der Waals surface area (Å²) >= 11 is 0. The molecule has 2 rings (SSSR count). The Morgan fingerprint density at radius 3 is 2.79 bits per heavy atom. The van der Waals surface area contributed by atoms with Crippen molar-refractivity contribution in [3.05, 3.63) is 23.9 Å². The number of hydrogen-bond acceptors (Lipinski definition) is 3. The van der Waals surface area contributed by atoms with E-state index in [-0.39, 0.29) is 5.91 Å². The summed E-state index contributed by atoms with van der Waals surface area (Å²) < 4.78 is 0. The summed E-state index contributed by atoms with van der Waals surface area (Å²) in [6.07, 6.45) is 4.99. The van der Waals surface area contributed by atoms with Crippen molar-refractivity contribution < 1.29 is 4.79 Å². The van der Waals surface area contributed by atoms with Crippen LogP contribution in [0.2, 0.25) is 0 Å². The van der Waals surface area contributed by atoms with Gasteiger partial charge in [0.1, 0.15) is 5.82 Å². The van der Waals surface area contributed by atoms with E-state index < -0.39 is 0 Å². The fraction of sp³-hybridized carbons (Fsp3) is 0.600. The molecule has 1 saturated carbocycles. The Balaban J connectivity index is 2.02. The van der Waals surface area contributed by atoms with Gasteiger partial charge in [-0.3, -0.25) is 4.79 Å². The maximum Gasteiger partial charge on any atom is 0.251 e. The normalized spacial score (nSPS) is 21.2. The quantitative estimate of drug-likeness (QED) is 0.909. The van der Waals surface area contributed by atoms with E-state index in [1.165, 1.54) is 6.42 Å². The highest BCUT2D eigenvalue weighted by atomic mass is 16.1. The van der Waals surface area contributed by atoms with Gasteiger partial charge < -0.3 is 10.2 Å². The van der Waals surface area contributed by atoms with Gasteiger partial charge in [0.2, 0.25) is 0 Å². The Morgan fingerprint density at radius 2 is 2.21 bits per heavy atom. The number of hydrogen-bond donors (Lipinski definition) is 1. The molecule has 1 aliphatic carbocycles. The van der Waals surface area contributed by atoms with Crippen LogP contribution in [0.1, 0.15) is 43.5 Å². The topological polar surface area (TPSA) is 45.2 Å². The molecule has 0 aliphatic heterocycles. The van der Waals surface area contributed by atoms with E-state index in [0.29, 0.717) is 17.0 Å². The third kappa shape index (κ3) is 3.46. The second-order valence-electron chi connectivity index (χ2n) is 6.37. The lowest BCUT2D eigenvalue weighted by molar-refractivity contribution is 0.0936. The second kappa shape index (κ2) is 5.19. The van der Waals surface area contributed by atoms with E-state index in [0.717, 1.165) is 18.7 Å². The molecule has 0 saturated heterocycles. The lowest BCUT2D eigenvalue weighted by Gasteiger charge is -2.18. The molecule has 1 aromatic rings. The molecule has 4 nitrogen and oxygen atoms in total. The summed E-state index contributed by atoms with van der Waals surface area (Å²) in [7, 11) is 3.84. The fourth-order valence-corrected chi connectivity index (χ4v) is 2.63. The van der Waals surface area contributed by atoms with Crippen LogP contribution in [0.15, 0.2) is 18.3 Å². The summed E-state index contributed by atoms with van der Waals surface area (Å²) in [6, 6.07) is 3.90. The first-order chi connectivity index (χ1) is 8.87. The molecule has 0 bridgehead atoms. The highest BCUT2D eigenvalue weighted by molar-refractivity contribution is 5.95. The summed E-state index contributed by atoms with van der Waals surface area (Å²) in [4.78, 5) is 18.3. The number of pyridine rings is 1. The molecule has 0 spiro atoms. The summed E-state index contributed by atoms with van der Waals surface area (Å²) in [5, 5.41) is 3.13. The molecule has 1 fully saturated rings. The lowest BCUT2D eigenvalue weighted by Crippen LogP contribution is -2.33. The monoisotopic (exact) mass is 261 g/mol. The van der Waals surface area contributed by atoms with Crippen molar-refractivity contribution in [2.75, 3.05) is 19.0 Å². The van der Waals surface area contributed by atoms with Crippen LogP contribution in [0.4, 0.5) is 5.82 Å². The maximum atomic E-state index is 12.2. The molecule has 1 N–H and O–H groups in total. The smallest absolute Gasteiger partial charge is 0.251 e. The Labute approximate surface area is 115 Å². The zero-order valence-electron chi connectivity index (χ0n) is 12.2. The second-order valence-corrected chi connectivity index (χ2v) is 6.37. The van der Waals surface area contributed by atoms with Crippen LogP contribution < -0.4 is 10.2 Å². The van der Waals surface area contributed by atoms with Gasteiger partial charge in [-0.05, 0) is 36.8 Å². The average Bonchev–Trinajstić information content (AvgIpc) is 2.68. The maximum absolute atomic E-state index is 12.2. The van der Waals surface area contributed by atoms with Gasteiger partial charge >= 0.3 is 0 Å². The number of nitrogens with zero attached hydrogens (tertiary/aromatic N) is 2. The van der Waals surface area contributed by atoms with Crippen LogP contribution >= 0.6 is 0 Å². The Morgan fingerprint density at radius 1 is 1.47 bits per heavy atom. The Kier molecular flexibility index (Phi) is 3.78. The molecule has 4 heteroatoms. The van der Waals surface area contributed by atoms with Gasteiger partial charge in [0.15, 0.2) is 0 Å². The number of anilines is 1. The van der Waals surface area contributed by atoms with Gasteiger partial charge in [0.05, 0.1) is 0 Å². The first kappa shape index (κ1) is 13.8.